The Morgan fingerprint density at radius 1 is 1.22 bits per heavy atom. The summed E-state index contributed by atoms with van der Waals surface area (Å²) < 4.78 is 52.7. The van der Waals surface area contributed by atoms with Crippen LogP contribution < -0.4 is 9.61 Å². The van der Waals surface area contributed by atoms with E-state index in [2.05, 4.69) is 11.7 Å². The Balaban J connectivity index is 1.84. The third kappa shape index (κ3) is 7.97. The SMILES string of the molecule is C=CCOC(=O)c1cc2cc([C@H](F)P(=O)(N[C@@H](C)COCC(C)(C)OC)Oc3ccccc3)ccc2s1. The molecule has 1 aromatic heterocycles. The molecule has 3 rings (SSSR count). The lowest BCUT2D eigenvalue weighted by molar-refractivity contribution is -0.0530. The predicted molar refractivity (Wildman–Crippen MR) is 145 cm³/mol. The molecule has 0 bridgehead atoms. The molecule has 0 aliphatic carbocycles. The van der Waals surface area contributed by atoms with E-state index in [4.69, 9.17) is 18.7 Å². The maximum absolute atomic E-state index is 16.0. The van der Waals surface area contributed by atoms with Crippen molar-refractivity contribution in [2.45, 2.75) is 38.3 Å². The molecular formula is C27H33FNO6PS. The number of carbonyl (C=O) groups excluding carboxylic acids is 1. The molecule has 0 spiro atoms. The number of carbonyl (C=O) groups is 1. The maximum atomic E-state index is 16.0. The second-order valence-corrected chi connectivity index (χ2v) is 12.3. The van der Waals surface area contributed by atoms with Gasteiger partial charge in [0.1, 0.15) is 17.2 Å². The van der Waals surface area contributed by atoms with Crippen molar-refractivity contribution in [2.75, 3.05) is 26.9 Å². The molecule has 0 fully saturated rings. The summed E-state index contributed by atoms with van der Waals surface area (Å²) in [6, 6.07) is 14.4. The van der Waals surface area contributed by atoms with Crippen LogP contribution in [0.25, 0.3) is 10.1 Å². The highest BCUT2D eigenvalue weighted by Gasteiger charge is 2.39. The number of nitrogens with one attached hydrogen (secondary N) is 1. The summed E-state index contributed by atoms with van der Waals surface area (Å²) in [5.74, 6) is -2.19. The topological polar surface area (TPSA) is 83.1 Å². The highest BCUT2D eigenvalue weighted by atomic mass is 32.1. The standard InChI is InChI=1S/C27H33FNO6PS/c1-6-14-34-26(30)24-16-21-15-20(12-13-23(21)37-24)25(28)36(31,35-22-10-8-7-9-11-22)29-19(2)17-33-18-27(3,4)32-5/h6-13,15-16,19,25H,1,14,17-18H2,2-5H3,(H,29,31)/t19-,25+,36?/m0/s1. The van der Waals surface area contributed by atoms with Gasteiger partial charge in [0.25, 0.3) is 0 Å². The van der Waals surface area contributed by atoms with Gasteiger partial charge in [-0.15, -0.1) is 11.3 Å². The molecule has 0 saturated heterocycles. The fourth-order valence-electron chi connectivity index (χ4n) is 3.37. The molecule has 1 heterocycles. The number of esters is 1. The molecule has 10 heteroatoms. The van der Waals surface area contributed by atoms with Gasteiger partial charge in [0.05, 0.1) is 18.8 Å². The van der Waals surface area contributed by atoms with Crippen LogP contribution in [0.1, 0.15) is 41.9 Å². The van der Waals surface area contributed by atoms with Gasteiger partial charge in [0.2, 0.25) is 5.91 Å². The summed E-state index contributed by atoms with van der Waals surface area (Å²) >= 11 is 1.24. The maximum Gasteiger partial charge on any atom is 0.355 e. The average Bonchev–Trinajstić information content (AvgIpc) is 3.31. The number of alkyl halides is 1. The Labute approximate surface area is 221 Å². The zero-order valence-electron chi connectivity index (χ0n) is 21.4. The van der Waals surface area contributed by atoms with Crippen LogP contribution in [0.3, 0.4) is 0 Å². The van der Waals surface area contributed by atoms with Crippen molar-refractivity contribution in [3.8, 4) is 5.75 Å². The molecule has 200 valence electrons. The van der Waals surface area contributed by atoms with Crippen LogP contribution in [0.2, 0.25) is 0 Å². The van der Waals surface area contributed by atoms with Crippen LogP contribution in [-0.4, -0.2) is 44.5 Å². The molecule has 3 atom stereocenters. The summed E-state index contributed by atoms with van der Waals surface area (Å²) in [7, 11) is -2.54. The number of ether oxygens (including phenoxy) is 3. The molecule has 7 nitrogen and oxygen atoms in total. The molecule has 2 aromatic carbocycles. The van der Waals surface area contributed by atoms with Gasteiger partial charge in [-0.3, -0.25) is 4.57 Å². The van der Waals surface area contributed by atoms with Gasteiger partial charge in [-0.25, -0.2) is 14.3 Å². The molecule has 3 aromatic rings. The first-order valence-corrected chi connectivity index (χ1v) is 14.3. The van der Waals surface area contributed by atoms with Crippen LogP contribution in [0.4, 0.5) is 4.39 Å². The lowest BCUT2D eigenvalue weighted by Crippen LogP contribution is -2.35. The van der Waals surface area contributed by atoms with E-state index in [1.807, 2.05) is 13.8 Å². The summed E-state index contributed by atoms with van der Waals surface area (Å²) in [4.78, 5) is 12.6. The highest BCUT2D eigenvalue weighted by molar-refractivity contribution is 7.57. The fraction of sp³-hybridized carbons (Fsp3) is 0.370. The lowest BCUT2D eigenvalue weighted by atomic mass is 10.1. The van der Waals surface area contributed by atoms with Crippen molar-refractivity contribution < 1.29 is 32.5 Å². The molecule has 0 aliphatic rings. The third-order valence-electron chi connectivity index (χ3n) is 5.40. The molecule has 0 amide bonds. The van der Waals surface area contributed by atoms with Crippen LogP contribution in [0, 0.1) is 0 Å². The molecule has 0 radical (unpaired) electrons. The number of benzene rings is 2. The predicted octanol–water partition coefficient (Wildman–Crippen LogP) is 6.90. The minimum Gasteiger partial charge on any atom is -0.457 e. The number of methoxy groups -OCH3 is 1. The van der Waals surface area contributed by atoms with Gasteiger partial charge >= 0.3 is 13.5 Å². The van der Waals surface area contributed by atoms with E-state index < -0.39 is 31.0 Å². The minimum atomic E-state index is -4.13. The zero-order chi connectivity index (χ0) is 27.1. The first kappa shape index (κ1) is 29.0. The quantitative estimate of drug-likeness (QED) is 0.133. The molecule has 0 aliphatic heterocycles. The zero-order valence-corrected chi connectivity index (χ0v) is 23.2. The number of hydrogen-bond donors (Lipinski definition) is 1. The van der Waals surface area contributed by atoms with Crippen molar-refractivity contribution in [2.24, 2.45) is 0 Å². The van der Waals surface area contributed by atoms with Gasteiger partial charge in [-0.1, -0.05) is 36.9 Å². The largest absolute Gasteiger partial charge is 0.457 e. The van der Waals surface area contributed by atoms with Gasteiger partial charge in [-0.2, -0.15) is 0 Å². The van der Waals surface area contributed by atoms with E-state index in [1.54, 1.807) is 68.6 Å². The van der Waals surface area contributed by atoms with Crippen molar-refractivity contribution in [3.05, 3.63) is 77.7 Å². The third-order valence-corrected chi connectivity index (χ3v) is 8.68. The Bertz CT molecular complexity index is 1250. The number of thiophene rings is 1. The number of para-hydroxylation sites is 1. The number of fused-ring (bicyclic) bond motifs is 1. The van der Waals surface area contributed by atoms with E-state index in [-0.39, 0.29) is 24.5 Å². The van der Waals surface area contributed by atoms with Gasteiger partial charge in [0.15, 0.2) is 0 Å². The van der Waals surface area contributed by atoms with Crippen LogP contribution in [0.5, 0.6) is 5.75 Å². The Kier molecular flexibility index (Phi) is 10.0. The van der Waals surface area contributed by atoms with Crippen molar-refractivity contribution in [1.29, 1.82) is 0 Å². The van der Waals surface area contributed by atoms with E-state index in [0.29, 0.717) is 16.9 Å². The van der Waals surface area contributed by atoms with E-state index in [1.165, 1.54) is 17.4 Å². The Morgan fingerprint density at radius 2 is 1.95 bits per heavy atom. The van der Waals surface area contributed by atoms with Gasteiger partial charge in [-0.05, 0) is 62.1 Å². The van der Waals surface area contributed by atoms with E-state index in [9.17, 15) is 9.36 Å². The number of halogens is 1. The fourth-order valence-corrected chi connectivity index (χ4v) is 6.26. The van der Waals surface area contributed by atoms with Crippen LogP contribution in [-0.2, 0) is 18.8 Å². The second kappa shape index (κ2) is 12.8. The van der Waals surface area contributed by atoms with Crippen molar-refractivity contribution in [3.63, 3.8) is 0 Å². The van der Waals surface area contributed by atoms with Gasteiger partial charge < -0.3 is 18.7 Å². The monoisotopic (exact) mass is 549 g/mol. The molecule has 0 saturated carbocycles. The number of hydrogen-bond acceptors (Lipinski definition) is 7. The Hall–Kier alpha value is -2.55. The highest BCUT2D eigenvalue weighted by Crippen LogP contribution is 2.58. The van der Waals surface area contributed by atoms with Crippen molar-refractivity contribution in [1.82, 2.24) is 5.09 Å². The first-order valence-electron chi connectivity index (χ1n) is 11.8. The summed E-state index contributed by atoms with van der Waals surface area (Å²) in [5.41, 5.74) is -0.323. The molecule has 1 unspecified atom stereocenters. The first-order chi connectivity index (χ1) is 17.6. The summed E-state index contributed by atoms with van der Waals surface area (Å²) in [6.07, 6.45) is 1.48. The van der Waals surface area contributed by atoms with E-state index >= 15 is 4.39 Å². The Morgan fingerprint density at radius 3 is 2.62 bits per heavy atom. The van der Waals surface area contributed by atoms with Crippen molar-refractivity contribution >= 4 is 34.9 Å². The normalized spacial score (nSPS) is 15.1. The van der Waals surface area contributed by atoms with Crippen LogP contribution in [0.15, 0.2) is 67.3 Å². The lowest BCUT2D eigenvalue weighted by Gasteiger charge is -2.28. The van der Waals surface area contributed by atoms with E-state index in [0.717, 1.165) is 4.70 Å². The minimum absolute atomic E-state index is 0.0986. The summed E-state index contributed by atoms with van der Waals surface area (Å²) in [6.45, 7) is 9.63. The van der Waals surface area contributed by atoms with Gasteiger partial charge in [0, 0.05) is 17.9 Å². The smallest absolute Gasteiger partial charge is 0.355 e. The average molecular weight is 550 g/mol. The molecular weight excluding hydrogens is 516 g/mol. The second-order valence-electron chi connectivity index (χ2n) is 9.14. The van der Waals surface area contributed by atoms with Crippen LogP contribution >= 0.6 is 18.9 Å². The summed E-state index contributed by atoms with van der Waals surface area (Å²) in [5, 5.41) is 3.49. The molecule has 37 heavy (non-hydrogen) atoms. The number of rotatable bonds is 14. The molecule has 1 N–H and O–H groups in total.